The fraction of sp³-hybridized carbons (Fsp3) is 0.917. The minimum Gasteiger partial charge on any atom is -0.444 e. The van der Waals surface area contributed by atoms with Crippen molar-refractivity contribution in [1.82, 2.24) is 10.2 Å². The van der Waals surface area contributed by atoms with Crippen LogP contribution in [0.1, 0.15) is 40.0 Å². The summed E-state index contributed by atoms with van der Waals surface area (Å²) in [6, 6.07) is 0.849. The van der Waals surface area contributed by atoms with Crippen LogP contribution >= 0.6 is 0 Å². The van der Waals surface area contributed by atoms with Crippen LogP contribution in [-0.4, -0.2) is 42.8 Å². The van der Waals surface area contributed by atoms with Crippen LogP contribution in [-0.2, 0) is 4.74 Å². The minimum absolute atomic E-state index is 0.266. The average molecular weight is 228 g/mol. The van der Waals surface area contributed by atoms with E-state index in [0.717, 1.165) is 19.3 Å². The van der Waals surface area contributed by atoms with Gasteiger partial charge in [-0.25, -0.2) is 4.79 Å². The van der Waals surface area contributed by atoms with E-state index in [0.29, 0.717) is 6.04 Å². The van der Waals surface area contributed by atoms with Crippen LogP contribution < -0.4 is 5.32 Å². The Hall–Kier alpha value is -0.770. The number of amides is 1. The summed E-state index contributed by atoms with van der Waals surface area (Å²) in [6.45, 7) is 5.64. The lowest BCUT2D eigenvalue weighted by atomic mass is 10.2. The zero-order chi connectivity index (χ0) is 12.3. The van der Waals surface area contributed by atoms with Crippen LogP contribution in [0.15, 0.2) is 0 Å². The van der Waals surface area contributed by atoms with Crippen molar-refractivity contribution in [2.45, 2.75) is 57.7 Å². The van der Waals surface area contributed by atoms with E-state index in [1.807, 2.05) is 20.8 Å². The fourth-order valence-corrected chi connectivity index (χ4v) is 2.03. The number of nitrogens with one attached hydrogen (secondary N) is 1. The number of hydrogen-bond donors (Lipinski definition) is 1. The second-order valence-electron chi connectivity index (χ2n) is 5.77. The molecule has 0 radical (unpaired) electrons. The van der Waals surface area contributed by atoms with Gasteiger partial charge in [-0.2, -0.15) is 0 Å². The van der Waals surface area contributed by atoms with Gasteiger partial charge in [0.25, 0.3) is 0 Å². The number of carbonyl (C=O) groups is 1. The lowest BCUT2D eigenvalue weighted by Gasteiger charge is -2.22. The summed E-state index contributed by atoms with van der Waals surface area (Å²) < 4.78 is 5.23. The lowest BCUT2D eigenvalue weighted by molar-refractivity contribution is 0.0504. The Kier molecular flexibility index (Phi) is 4.19. The number of alkyl carbamates (subject to hydrolysis) is 1. The third-order valence-corrected chi connectivity index (χ3v) is 2.86. The first kappa shape index (κ1) is 13.3. The van der Waals surface area contributed by atoms with Gasteiger partial charge in [0.2, 0.25) is 0 Å². The van der Waals surface area contributed by atoms with Crippen molar-refractivity contribution in [2.24, 2.45) is 0 Å². The van der Waals surface area contributed by atoms with Crippen molar-refractivity contribution in [1.29, 1.82) is 0 Å². The van der Waals surface area contributed by atoms with E-state index < -0.39 is 5.60 Å². The first-order valence-corrected chi connectivity index (χ1v) is 5.94. The zero-order valence-electron chi connectivity index (χ0n) is 11.0. The maximum Gasteiger partial charge on any atom is 0.407 e. The first-order valence-electron chi connectivity index (χ1n) is 5.94. The summed E-state index contributed by atoms with van der Waals surface area (Å²) in [4.78, 5) is 13.8. The Morgan fingerprint density at radius 2 is 1.94 bits per heavy atom. The van der Waals surface area contributed by atoms with E-state index in [9.17, 15) is 4.79 Å². The molecule has 2 atom stereocenters. The van der Waals surface area contributed by atoms with E-state index in [1.165, 1.54) is 0 Å². The maximum atomic E-state index is 11.5. The Bertz CT molecular complexity index is 246. The van der Waals surface area contributed by atoms with Crippen molar-refractivity contribution in [2.75, 3.05) is 14.1 Å². The Morgan fingerprint density at radius 1 is 1.31 bits per heavy atom. The Labute approximate surface area is 98.3 Å². The molecule has 94 valence electrons. The molecule has 0 aromatic heterocycles. The lowest BCUT2D eigenvalue weighted by Crippen LogP contribution is -2.38. The molecule has 0 aromatic rings. The molecule has 4 nitrogen and oxygen atoms in total. The molecule has 0 unspecified atom stereocenters. The summed E-state index contributed by atoms with van der Waals surface area (Å²) >= 11 is 0. The largest absolute Gasteiger partial charge is 0.444 e. The number of ether oxygens (including phenoxy) is 1. The fourth-order valence-electron chi connectivity index (χ4n) is 2.03. The summed E-state index contributed by atoms with van der Waals surface area (Å²) in [6.07, 6.45) is 2.92. The normalized spacial score (nSPS) is 25.9. The van der Waals surface area contributed by atoms with Gasteiger partial charge in [0.05, 0.1) is 0 Å². The molecular weight excluding hydrogens is 204 g/mol. The van der Waals surface area contributed by atoms with Gasteiger partial charge in [0.1, 0.15) is 5.60 Å². The number of hydrogen-bond acceptors (Lipinski definition) is 3. The predicted octanol–water partition coefficient (Wildman–Crippen LogP) is 1.99. The van der Waals surface area contributed by atoms with Crippen LogP contribution in [0.2, 0.25) is 0 Å². The molecule has 0 heterocycles. The quantitative estimate of drug-likeness (QED) is 0.786. The van der Waals surface area contributed by atoms with Crippen LogP contribution in [0.4, 0.5) is 4.79 Å². The van der Waals surface area contributed by atoms with Gasteiger partial charge in [-0.3, -0.25) is 0 Å². The van der Waals surface area contributed by atoms with E-state index in [-0.39, 0.29) is 12.1 Å². The molecule has 1 amide bonds. The molecule has 0 saturated heterocycles. The average Bonchev–Trinajstić information content (AvgIpc) is 2.48. The van der Waals surface area contributed by atoms with E-state index in [2.05, 4.69) is 24.3 Å². The van der Waals surface area contributed by atoms with Gasteiger partial charge in [0.15, 0.2) is 0 Å². The number of nitrogens with zero attached hydrogens (tertiary/aromatic N) is 1. The molecule has 1 N–H and O–H groups in total. The first-order chi connectivity index (χ1) is 7.28. The van der Waals surface area contributed by atoms with Crippen LogP contribution in [0.5, 0.6) is 0 Å². The second-order valence-corrected chi connectivity index (χ2v) is 5.77. The molecule has 1 aliphatic carbocycles. The highest BCUT2D eigenvalue weighted by molar-refractivity contribution is 5.68. The van der Waals surface area contributed by atoms with E-state index in [4.69, 9.17) is 4.74 Å². The van der Waals surface area contributed by atoms with Gasteiger partial charge < -0.3 is 15.0 Å². The Balaban J connectivity index is 2.32. The summed E-state index contributed by atoms with van der Waals surface area (Å²) in [7, 11) is 4.17. The third-order valence-electron chi connectivity index (χ3n) is 2.86. The molecule has 0 aromatic carbocycles. The zero-order valence-corrected chi connectivity index (χ0v) is 11.0. The highest BCUT2D eigenvalue weighted by Crippen LogP contribution is 2.22. The van der Waals surface area contributed by atoms with Crippen molar-refractivity contribution < 1.29 is 9.53 Å². The maximum absolute atomic E-state index is 11.5. The van der Waals surface area contributed by atoms with E-state index in [1.54, 1.807) is 0 Å². The SMILES string of the molecule is CN(C)[C@@H]1CC[C@H](NC(=O)OC(C)(C)C)C1. The van der Waals surface area contributed by atoms with Crippen LogP contribution in [0.25, 0.3) is 0 Å². The third kappa shape index (κ3) is 4.39. The van der Waals surface area contributed by atoms with Crippen molar-refractivity contribution in [3.63, 3.8) is 0 Å². The second kappa shape index (κ2) is 5.04. The smallest absolute Gasteiger partial charge is 0.407 e. The minimum atomic E-state index is -0.413. The van der Waals surface area contributed by atoms with Crippen molar-refractivity contribution in [3.8, 4) is 0 Å². The van der Waals surface area contributed by atoms with Gasteiger partial charge >= 0.3 is 6.09 Å². The standard InChI is InChI=1S/C12H24N2O2/c1-12(2,3)16-11(15)13-9-6-7-10(8-9)14(4)5/h9-10H,6-8H2,1-5H3,(H,13,15)/t9-,10+/m0/s1. The van der Waals surface area contributed by atoms with Crippen LogP contribution in [0.3, 0.4) is 0 Å². The molecule has 0 aliphatic heterocycles. The molecule has 1 aliphatic rings. The van der Waals surface area contributed by atoms with Crippen molar-refractivity contribution in [3.05, 3.63) is 0 Å². The summed E-state index contributed by atoms with van der Waals surface area (Å²) in [5.74, 6) is 0. The molecule has 1 rings (SSSR count). The molecule has 1 saturated carbocycles. The predicted molar refractivity (Wildman–Crippen MR) is 64.5 cm³/mol. The van der Waals surface area contributed by atoms with Gasteiger partial charge in [0, 0.05) is 12.1 Å². The molecule has 4 heteroatoms. The number of rotatable bonds is 2. The monoisotopic (exact) mass is 228 g/mol. The summed E-state index contributed by atoms with van der Waals surface area (Å²) in [5, 5.41) is 2.93. The van der Waals surface area contributed by atoms with Gasteiger partial charge in [-0.15, -0.1) is 0 Å². The molecule has 16 heavy (non-hydrogen) atoms. The molecule has 0 spiro atoms. The highest BCUT2D eigenvalue weighted by atomic mass is 16.6. The summed E-state index contributed by atoms with van der Waals surface area (Å²) in [5.41, 5.74) is -0.413. The van der Waals surface area contributed by atoms with E-state index >= 15 is 0 Å². The highest BCUT2D eigenvalue weighted by Gasteiger charge is 2.28. The molecule has 1 fully saturated rings. The topological polar surface area (TPSA) is 41.6 Å². The van der Waals surface area contributed by atoms with Gasteiger partial charge in [-0.05, 0) is 54.1 Å². The number of carbonyl (C=O) groups excluding carboxylic acids is 1. The van der Waals surface area contributed by atoms with Crippen LogP contribution in [0, 0.1) is 0 Å². The van der Waals surface area contributed by atoms with Crippen molar-refractivity contribution >= 4 is 6.09 Å². The Morgan fingerprint density at radius 3 is 2.38 bits per heavy atom. The molecule has 0 bridgehead atoms. The molecular formula is C12H24N2O2. The van der Waals surface area contributed by atoms with Gasteiger partial charge in [-0.1, -0.05) is 0 Å².